The number of benzene rings is 1. The highest BCUT2D eigenvalue weighted by atomic mass is 19.1. The van der Waals surface area contributed by atoms with Crippen LogP contribution in [0.4, 0.5) is 4.39 Å². The molecule has 2 aliphatic heterocycles. The minimum atomic E-state index is -0.525. The molecule has 2 fully saturated rings. The van der Waals surface area contributed by atoms with Gasteiger partial charge in [-0.3, -0.25) is 0 Å². The van der Waals surface area contributed by atoms with Crippen LogP contribution in [0.15, 0.2) is 24.3 Å². The SMILES string of the molecule is CC1COCC2(c3ccccc3F)NOCC12. The van der Waals surface area contributed by atoms with Gasteiger partial charge in [-0.1, -0.05) is 25.1 Å². The zero-order valence-electron chi connectivity index (χ0n) is 9.78. The fraction of sp³-hybridized carbons (Fsp3) is 0.538. The Hall–Kier alpha value is -0.970. The van der Waals surface area contributed by atoms with Crippen molar-refractivity contribution >= 4 is 0 Å². The Bertz CT molecular complexity index is 426. The third-order valence-electron chi connectivity index (χ3n) is 3.90. The third kappa shape index (κ3) is 1.59. The van der Waals surface area contributed by atoms with Crippen molar-refractivity contribution in [3.63, 3.8) is 0 Å². The van der Waals surface area contributed by atoms with Crippen LogP contribution in [0.3, 0.4) is 0 Å². The summed E-state index contributed by atoms with van der Waals surface area (Å²) in [5.74, 6) is 0.416. The summed E-state index contributed by atoms with van der Waals surface area (Å²) in [5.41, 5.74) is 3.12. The lowest BCUT2D eigenvalue weighted by atomic mass is 9.73. The van der Waals surface area contributed by atoms with E-state index in [4.69, 9.17) is 9.57 Å². The van der Waals surface area contributed by atoms with E-state index in [0.717, 1.165) is 0 Å². The van der Waals surface area contributed by atoms with Crippen LogP contribution in [0.1, 0.15) is 12.5 Å². The van der Waals surface area contributed by atoms with Crippen LogP contribution < -0.4 is 5.48 Å². The van der Waals surface area contributed by atoms with Crippen molar-refractivity contribution in [3.05, 3.63) is 35.6 Å². The molecule has 1 aromatic carbocycles. The van der Waals surface area contributed by atoms with Gasteiger partial charge >= 0.3 is 0 Å². The van der Waals surface area contributed by atoms with Crippen LogP contribution in [-0.4, -0.2) is 19.8 Å². The first-order chi connectivity index (χ1) is 8.24. The van der Waals surface area contributed by atoms with Gasteiger partial charge in [-0.25, -0.2) is 4.39 Å². The van der Waals surface area contributed by atoms with Crippen molar-refractivity contribution in [2.45, 2.75) is 12.5 Å². The molecule has 3 nitrogen and oxygen atoms in total. The van der Waals surface area contributed by atoms with Crippen molar-refractivity contribution in [3.8, 4) is 0 Å². The molecule has 0 aromatic heterocycles. The van der Waals surface area contributed by atoms with Crippen LogP contribution in [0.5, 0.6) is 0 Å². The van der Waals surface area contributed by atoms with Gasteiger partial charge < -0.3 is 9.57 Å². The first-order valence-electron chi connectivity index (χ1n) is 5.96. The monoisotopic (exact) mass is 237 g/mol. The largest absolute Gasteiger partial charge is 0.379 e. The first kappa shape index (κ1) is 11.1. The van der Waals surface area contributed by atoms with E-state index < -0.39 is 5.54 Å². The summed E-state index contributed by atoms with van der Waals surface area (Å²) in [5, 5.41) is 0. The molecule has 0 amide bonds. The Morgan fingerprint density at radius 3 is 3.00 bits per heavy atom. The molecule has 2 saturated heterocycles. The molecule has 0 bridgehead atoms. The molecule has 4 heteroatoms. The summed E-state index contributed by atoms with van der Waals surface area (Å²) in [6, 6.07) is 6.85. The predicted molar refractivity (Wildman–Crippen MR) is 60.6 cm³/mol. The van der Waals surface area contributed by atoms with Gasteiger partial charge in [0.25, 0.3) is 0 Å². The molecular weight excluding hydrogens is 221 g/mol. The summed E-state index contributed by atoms with van der Waals surface area (Å²) < 4.78 is 19.6. The van der Waals surface area contributed by atoms with E-state index in [0.29, 0.717) is 31.3 Å². The van der Waals surface area contributed by atoms with Crippen LogP contribution >= 0.6 is 0 Å². The molecule has 3 unspecified atom stereocenters. The Labute approximate surface area is 99.9 Å². The number of rotatable bonds is 1. The topological polar surface area (TPSA) is 30.5 Å². The molecule has 0 spiro atoms. The van der Waals surface area contributed by atoms with Gasteiger partial charge in [0.05, 0.1) is 18.8 Å². The Balaban J connectivity index is 2.07. The second kappa shape index (κ2) is 4.05. The van der Waals surface area contributed by atoms with Crippen LogP contribution in [0.2, 0.25) is 0 Å². The molecule has 17 heavy (non-hydrogen) atoms. The maximum atomic E-state index is 14.0. The van der Waals surface area contributed by atoms with Gasteiger partial charge in [0.15, 0.2) is 0 Å². The Kier molecular flexibility index (Phi) is 2.65. The van der Waals surface area contributed by atoms with Gasteiger partial charge in [0.1, 0.15) is 5.82 Å². The van der Waals surface area contributed by atoms with E-state index in [1.54, 1.807) is 6.07 Å². The van der Waals surface area contributed by atoms with Gasteiger partial charge in [-0.05, 0) is 12.0 Å². The molecule has 3 atom stereocenters. The van der Waals surface area contributed by atoms with Crippen molar-refractivity contribution < 1.29 is 14.0 Å². The van der Waals surface area contributed by atoms with Crippen molar-refractivity contribution in [2.75, 3.05) is 19.8 Å². The van der Waals surface area contributed by atoms with E-state index in [-0.39, 0.29) is 11.7 Å². The highest BCUT2D eigenvalue weighted by Crippen LogP contribution is 2.42. The second-order valence-corrected chi connectivity index (χ2v) is 4.96. The number of fused-ring (bicyclic) bond motifs is 1. The van der Waals surface area contributed by atoms with E-state index in [1.807, 2.05) is 12.1 Å². The smallest absolute Gasteiger partial charge is 0.128 e. The van der Waals surface area contributed by atoms with Gasteiger partial charge in [0.2, 0.25) is 0 Å². The maximum Gasteiger partial charge on any atom is 0.128 e. The standard InChI is InChI=1S/C13H16FNO2/c1-9-6-16-8-13(11(9)7-17-15-13)10-4-2-3-5-12(10)14/h2-5,9,11,15H,6-8H2,1H3. The second-order valence-electron chi connectivity index (χ2n) is 4.96. The molecule has 1 N–H and O–H groups in total. The lowest BCUT2D eigenvalue weighted by Crippen LogP contribution is -2.52. The highest BCUT2D eigenvalue weighted by Gasteiger charge is 2.51. The van der Waals surface area contributed by atoms with E-state index in [9.17, 15) is 4.39 Å². The molecule has 2 aliphatic rings. The van der Waals surface area contributed by atoms with Crippen molar-refractivity contribution in [2.24, 2.45) is 11.8 Å². The number of nitrogens with one attached hydrogen (secondary N) is 1. The molecule has 0 saturated carbocycles. The number of ether oxygens (including phenoxy) is 1. The highest BCUT2D eigenvalue weighted by molar-refractivity contribution is 5.29. The van der Waals surface area contributed by atoms with Gasteiger partial charge in [-0.15, -0.1) is 0 Å². The fourth-order valence-electron chi connectivity index (χ4n) is 2.94. The molecule has 3 rings (SSSR count). The lowest BCUT2D eigenvalue weighted by Gasteiger charge is -2.41. The normalized spacial score (nSPS) is 36.8. The molecule has 2 heterocycles. The third-order valence-corrected chi connectivity index (χ3v) is 3.90. The predicted octanol–water partition coefficient (Wildman–Crippen LogP) is 1.84. The molecule has 0 aliphatic carbocycles. The van der Waals surface area contributed by atoms with E-state index >= 15 is 0 Å². The molecule has 92 valence electrons. The molecule has 0 radical (unpaired) electrons. The minimum Gasteiger partial charge on any atom is -0.379 e. The van der Waals surface area contributed by atoms with Crippen LogP contribution in [-0.2, 0) is 15.1 Å². The number of hydroxylamine groups is 1. The quantitative estimate of drug-likeness (QED) is 0.808. The lowest BCUT2D eigenvalue weighted by molar-refractivity contribution is -0.0476. The van der Waals surface area contributed by atoms with Gasteiger partial charge in [-0.2, -0.15) is 5.48 Å². The van der Waals surface area contributed by atoms with E-state index in [2.05, 4.69) is 12.4 Å². The fourth-order valence-corrected chi connectivity index (χ4v) is 2.94. The summed E-state index contributed by atoms with van der Waals surface area (Å²) >= 11 is 0. The zero-order chi connectivity index (χ0) is 11.9. The van der Waals surface area contributed by atoms with Gasteiger partial charge in [0, 0.05) is 18.1 Å². The summed E-state index contributed by atoms with van der Waals surface area (Å²) in [6.07, 6.45) is 0. The summed E-state index contributed by atoms with van der Waals surface area (Å²) in [6.45, 7) is 3.91. The molecular formula is C13H16FNO2. The maximum absolute atomic E-state index is 14.0. The molecule has 1 aromatic rings. The average molecular weight is 237 g/mol. The number of halogens is 1. The number of hydrogen-bond donors (Lipinski definition) is 1. The Morgan fingerprint density at radius 2 is 2.18 bits per heavy atom. The van der Waals surface area contributed by atoms with Crippen LogP contribution in [0, 0.1) is 17.7 Å². The average Bonchev–Trinajstić information content (AvgIpc) is 2.76. The van der Waals surface area contributed by atoms with Crippen molar-refractivity contribution in [1.82, 2.24) is 5.48 Å². The summed E-state index contributed by atoms with van der Waals surface area (Å²) in [4.78, 5) is 5.38. The number of hydrogen-bond acceptors (Lipinski definition) is 3. The first-order valence-corrected chi connectivity index (χ1v) is 5.96. The zero-order valence-corrected chi connectivity index (χ0v) is 9.78. The Morgan fingerprint density at radius 1 is 1.35 bits per heavy atom. The minimum absolute atomic E-state index is 0.201. The summed E-state index contributed by atoms with van der Waals surface area (Å²) in [7, 11) is 0. The van der Waals surface area contributed by atoms with Crippen LogP contribution in [0.25, 0.3) is 0 Å². The van der Waals surface area contributed by atoms with Crippen molar-refractivity contribution in [1.29, 1.82) is 0 Å². The van der Waals surface area contributed by atoms with E-state index in [1.165, 1.54) is 6.07 Å².